The van der Waals surface area contributed by atoms with E-state index in [1.54, 1.807) is 0 Å². The lowest BCUT2D eigenvalue weighted by Crippen LogP contribution is -2.09. The molecule has 2 heterocycles. The highest BCUT2D eigenvalue weighted by Crippen LogP contribution is 2.11. The Balaban J connectivity index is 2.01. The van der Waals surface area contributed by atoms with Crippen LogP contribution in [0.15, 0.2) is 10.6 Å². The quantitative estimate of drug-likeness (QED) is 0.840. The number of anilines is 2. The Labute approximate surface area is 115 Å². The summed E-state index contributed by atoms with van der Waals surface area (Å²) >= 11 is 5.84. The molecule has 0 spiro atoms. The van der Waals surface area contributed by atoms with E-state index in [0.29, 0.717) is 24.2 Å². The lowest BCUT2D eigenvalue weighted by atomic mass is 10.4. The Kier molecular flexibility index (Phi) is 4.51. The second kappa shape index (κ2) is 6.33. The molecule has 0 aliphatic carbocycles. The SMILES string of the molecule is CCCNc1nc(Cl)nc(NCc2cc(C)no2)n1. The van der Waals surface area contributed by atoms with Crippen LogP contribution in [0.25, 0.3) is 0 Å². The first-order valence-electron chi connectivity index (χ1n) is 5.99. The van der Waals surface area contributed by atoms with Crippen molar-refractivity contribution in [3.05, 3.63) is 22.8 Å². The van der Waals surface area contributed by atoms with E-state index in [-0.39, 0.29) is 5.28 Å². The third-order valence-corrected chi connectivity index (χ3v) is 2.41. The van der Waals surface area contributed by atoms with Crippen LogP contribution in [0.2, 0.25) is 5.28 Å². The summed E-state index contributed by atoms with van der Waals surface area (Å²) in [5.41, 5.74) is 0.829. The van der Waals surface area contributed by atoms with Gasteiger partial charge < -0.3 is 15.2 Å². The summed E-state index contributed by atoms with van der Waals surface area (Å²) in [5.74, 6) is 1.56. The maximum atomic E-state index is 5.84. The maximum absolute atomic E-state index is 5.84. The molecule has 0 aromatic carbocycles. The second-order valence-corrected chi connectivity index (χ2v) is 4.30. The van der Waals surface area contributed by atoms with Crippen LogP contribution in [0.3, 0.4) is 0 Å². The molecule has 19 heavy (non-hydrogen) atoms. The van der Waals surface area contributed by atoms with Crippen molar-refractivity contribution in [1.29, 1.82) is 0 Å². The summed E-state index contributed by atoms with van der Waals surface area (Å²) in [7, 11) is 0. The van der Waals surface area contributed by atoms with E-state index in [9.17, 15) is 0 Å². The van der Waals surface area contributed by atoms with Gasteiger partial charge in [-0.2, -0.15) is 15.0 Å². The Morgan fingerprint density at radius 2 is 1.95 bits per heavy atom. The fourth-order valence-electron chi connectivity index (χ4n) is 1.41. The van der Waals surface area contributed by atoms with Gasteiger partial charge in [0.2, 0.25) is 17.2 Å². The van der Waals surface area contributed by atoms with Crippen molar-refractivity contribution in [2.75, 3.05) is 17.2 Å². The number of nitrogens with zero attached hydrogens (tertiary/aromatic N) is 4. The normalized spacial score (nSPS) is 10.5. The molecular weight excluding hydrogens is 268 g/mol. The van der Waals surface area contributed by atoms with E-state index >= 15 is 0 Å². The Bertz CT molecular complexity index is 544. The van der Waals surface area contributed by atoms with Gasteiger partial charge in [0.05, 0.1) is 12.2 Å². The van der Waals surface area contributed by atoms with Crippen molar-refractivity contribution in [3.8, 4) is 0 Å². The lowest BCUT2D eigenvalue weighted by molar-refractivity contribution is 0.384. The molecule has 0 aliphatic heterocycles. The zero-order valence-electron chi connectivity index (χ0n) is 10.8. The van der Waals surface area contributed by atoms with E-state index in [0.717, 1.165) is 18.7 Å². The average molecular weight is 283 g/mol. The molecule has 0 saturated heterocycles. The molecule has 0 aliphatic rings. The van der Waals surface area contributed by atoms with E-state index in [1.807, 2.05) is 13.0 Å². The number of hydrogen-bond donors (Lipinski definition) is 2. The minimum absolute atomic E-state index is 0.143. The molecule has 2 aromatic rings. The van der Waals surface area contributed by atoms with Crippen molar-refractivity contribution in [3.63, 3.8) is 0 Å². The van der Waals surface area contributed by atoms with Crippen LogP contribution in [-0.2, 0) is 6.54 Å². The molecular formula is C11H15ClN6O. The minimum Gasteiger partial charge on any atom is -0.359 e. The number of aryl methyl sites for hydroxylation is 1. The minimum atomic E-state index is 0.143. The van der Waals surface area contributed by atoms with Gasteiger partial charge in [0.25, 0.3) is 0 Å². The van der Waals surface area contributed by atoms with E-state index < -0.39 is 0 Å². The van der Waals surface area contributed by atoms with Gasteiger partial charge in [-0.25, -0.2) is 0 Å². The van der Waals surface area contributed by atoms with Crippen molar-refractivity contribution in [2.45, 2.75) is 26.8 Å². The van der Waals surface area contributed by atoms with E-state index in [4.69, 9.17) is 16.1 Å². The van der Waals surface area contributed by atoms with Gasteiger partial charge in [0, 0.05) is 12.6 Å². The summed E-state index contributed by atoms with van der Waals surface area (Å²) in [5, 5.41) is 10.0. The molecule has 0 bridgehead atoms. The number of aromatic nitrogens is 4. The largest absolute Gasteiger partial charge is 0.359 e. The van der Waals surface area contributed by atoms with Crippen LogP contribution in [0, 0.1) is 6.92 Å². The van der Waals surface area contributed by atoms with Gasteiger partial charge in [-0.3, -0.25) is 0 Å². The molecule has 102 valence electrons. The standard InChI is InChI=1S/C11H15ClN6O/c1-3-4-13-10-15-9(12)16-11(17-10)14-6-8-5-7(2)18-19-8/h5H,3-4,6H2,1-2H3,(H2,13,14,15,16,17). The molecule has 0 radical (unpaired) electrons. The van der Waals surface area contributed by atoms with Crippen LogP contribution in [0.1, 0.15) is 24.8 Å². The first kappa shape index (κ1) is 13.5. The Morgan fingerprint density at radius 1 is 1.21 bits per heavy atom. The van der Waals surface area contributed by atoms with Gasteiger partial charge in [-0.05, 0) is 24.9 Å². The van der Waals surface area contributed by atoms with Gasteiger partial charge in [-0.15, -0.1) is 0 Å². The number of halogens is 1. The number of nitrogens with one attached hydrogen (secondary N) is 2. The van der Waals surface area contributed by atoms with Crippen LogP contribution in [0.4, 0.5) is 11.9 Å². The molecule has 2 rings (SSSR count). The zero-order chi connectivity index (χ0) is 13.7. The molecule has 7 nitrogen and oxygen atoms in total. The number of hydrogen-bond acceptors (Lipinski definition) is 7. The van der Waals surface area contributed by atoms with E-state index in [2.05, 4.69) is 37.7 Å². The fourth-order valence-corrected chi connectivity index (χ4v) is 1.57. The Morgan fingerprint density at radius 3 is 2.58 bits per heavy atom. The molecule has 0 fully saturated rings. The van der Waals surface area contributed by atoms with Crippen molar-refractivity contribution >= 4 is 23.5 Å². The van der Waals surface area contributed by atoms with Crippen molar-refractivity contribution in [2.24, 2.45) is 0 Å². The van der Waals surface area contributed by atoms with E-state index in [1.165, 1.54) is 0 Å². The molecule has 2 aromatic heterocycles. The summed E-state index contributed by atoms with van der Waals surface area (Å²) < 4.78 is 5.08. The lowest BCUT2D eigenvalue weighted by Gasteiger charge is -2.06. The van der Waals surface area contributed by atoms with Crippen LogP contribution in [0.5, 0.6) is 0 Å². The van der Waals surface area contributed by atoms with Crippen LogP contribution < -0.4 is 10.6 Å². The molecule has 0 atom stereocenters. The molecule has 0 saturated carbocycles. The molecule has 0 amide bonds. The highest BCUT2D eigenvalue weighted by molar-refractivity contribution is 6.28. The molecule has 8 heteroatoms. The zero-order valence-corrected chi connectivity index (χ0v) is 11.5. The average Bonchev–Trinajstić information content (AvgIpc) is 2.79. The maximum Gasteiger partial charge on any atom is 0.229 e. The van der Waals surface area contributed by atoms with Gasteiger partial charge in [0.1, 0.15) is 0 Å². The smallest absolute Gasteiger partial charge is 0.229 e. The predicted molar refractivity (Wildman–Crippen MR) is 72.2 cm³/mol. The number of rotatable bonds is 6. The van der Waals surface area contributed by atoms with Crippen molar-refractivity contribution < 1.29 is 4.52 Å². The Hall–Kier alpha value is -1.89. The summed E-state index contributed by atoms with van der Waals surface area (Å²) in [6, 6.07) is 1.84. The predicted octanol–water partition coefficient (Wildman–Crippen LogP) is 2.26. The van der Waals surface area contributed by atoms with Gasteiger partial charge in [-0.1, -0.05) is 12.1 Å². The van der Waals surface area contributed by atoms with Gasteiger partial charge >= 0.3 is 0 Å². The molecule has 2 N–H and O–H groups in total. The van der Waals surface area contributed by atoms with Gasteiger partial charge in [0.15, 0.2) is 5.76 Å². The summed E-state index contributed by atoms with van der Waals surface area (Å²) in [6.45, 7) is 5.14. The van der Waals surface area contributed by atoms with Crippen molar-refractivity contribution in [1.82, 2.24) is 20.1 Å². The third-order valence-electron chi connectivity index (χ3n) is 2.24. The first-order valence-corrected chi connectivity index (χ1v) is 6.36. The molecule has 0 unspecified atom stereocenters. The highest BCUT2D eigenvalue weighted by atomic mass is 35.5. The summed E-state index contributed by atoms with van der Waals surface area (Å²) in [4.78, 5) is 12.2. The third kappa shape index (κ3) is 4.06. The highest BCUT2D eigenvalue weighted by Gasteiger charge is 2.06. The monoisotopic (exact) mass is 282 g/mol. The second-order valence-electron chi connectivity index (χ2n) is 3.97. The fraction of sp³-hybridized carbons (Fsp3) is 0.455. The van der Waals surface area contributed by atoms with Crippen LogP contribution in [-0.4, -0.2) is 26.7 Å². The first-order chi connectivity index (χ1) is 9.17. The summed E-state index contributed by atoms with van der Waals surface area (Å²) in [6.07, 6.45) is 0.976. The topological polar surface area (TPSA) is 88.8 Å². The van der Waals surface area contributed by atoms with Crippen LogP contribution >= 0.6 is 11.6 Å².